The first-order valence-corrected chi connectivity index (χ1v) is 7.45. The first kappa shape index (κ1) is 12.2. The standard InChI is InChI=1S/C16H19NO3/c18-15(12-6-10-5-11(10)7-12)9-1-2-14-13(8-9)16(19)17-3-4-20-14/h1-2,8,10-12,15,18H,3-7H2,(H,17,19). The molecule has 2 saturated carbocycles. The summed E-state index contributed by atoms with van der Waals surface area (Å²) in [6, 6.07) is 5.51. The molecule has 4 heteroatoms. The molecule has 1 aromatic rings. The number of hydrogen-bond donors (Lipinski definition) is 2. The first-order valence-electron chi connectivity index (χ1n) is 7.45. The SMILES string of the molecule is O=C1NCCOc2ccc(C(O)C3CC4CC4C3)cc21. The van der Waals surface area contributed by atoms with Gasteiger partial charge in [-0.1, -0.05) is 6.07 Å². The minimum absolute atomic E-state index is 0.110. The van der Waals surface area contributed by atoms with Crippen molar-refractivity contribution in [3.8, 4) is 5.75 Å². The molecular formula is C16H19NO3. The summed E-state index contributed by atoms with van der Waals surface area (Å²) < 4.78 is 5.54. The molecule has 2 fully saturated rings. The van der Waals surface area contributed by atoms with Gasteiger partial charge in [-0.15, -0.1) is 0 Å². The molecule has 1 aliphatic heterocycles. The molecular weight excluding hydrogens is 254 g/mol. The van der Waals surface area contributed by atoms with E-state index in [1.165, 1.54) is 6.42 Å². The molecule has 20 heavy (non-hydrogen) atoms. The largest absolute Gasteiger partial charge is 0.491 e. The Labute approximate surface area is 118 Å². The number of carbonyl (C=O) groups excluding carboxylic acids is 1. The average Bonchev–Trinajstić information content (AvgIpc) is 3.13. The lowest BCUT2D eigenvalue weighted by Crippen LogP contribution is -2.24. The number of ether oxygens (including phenoxy) is 1. The second kappa shape index (κ2) is 4.48. The Balaban J connectivity index is 1.60. The fourth-order valence-electron chi connectivity index (χ4n) is 3.75. The number of carbonyl (C=O) groups is 1. The molecule has 1 aromatic carbocycles. The molecule has 4 rings (SSSR count). The van der Waals surface area contributed by atoms with Gasteiger partial charge >= 0.3 is 0 Å². The Bertz CT molecular complexity index is 547. The molecule has 4 nitrogen and oxygen atoms in total. The van der Waals surface area contributed by atoms with E-state index in [1.54, 1.807) is 6.07 Å². The lowest BCUT2D eigenvalue weighted by atomic mass is 9.90. The van der Waals surface area contributed by atoms with E-state index in [1.807, 2.05) is 12.1 Å². The average molecular weight is 273 g/mol. The van der Waals surface area contributed by atoms with Crippen molar-refractivity contribution in [1.82, 2.24) is 5.32 Å². The minimum atomic E-state index is -0.454. The smallest absolute Gasteiger partial charge is 0.255 e. The molecule has 0 aromatic heterocycles. The maximum Gasteiger partial charge on any atom is 0.255 e. The summed E-state index contributed by atoms with van der Waals surface area (Å²) in [6.45, 7) is 1.02. The third kappa shape index (κ3) is 1.99. The lowest BCUT2D eigenvalue weighted by Gasteiger charge is -2.20. The monoisotopic (exact) mass is 273 g/mol. The first-order chi connectivity index (χ1) is 9.72. The van der Waals surface area contributed by atoms with E-state index in [-0.39, 0.29) is 5.91 Å². The van der Waals surface area contributed by atoms with Crippen LogP contribution in [0.2, 0.25) is 0 Å². The van der Waals surface area contributed by atoms with Gasteiger partial charge in [0.2, 0.25) is 0 Å². The number of aliphatic hydroxyl groups is 1. The number of aliphatic hydroxyl groups excluding tert-OH is 1. The number of fused-ring (bicyclic) bond motifs is 2. The molecule has 1 amide bonds. The maximum atomic E-state index is 12.0. The van der Waals surface area contributed by atoms with E-state index in [4.69, 9.17) is 4.74 Å². The van der Waals surface area contributed by atoms with Crippen LogP contribution in [-0.4, -0.2) is 24.2 Å². The molecule has 106 valence electrons. The van der Waals surface area contributed by atoms with Gasteiger partial charge < -0.3 is 15.2 Å². The number of hydrogen-bond acceptors (Lipinski definition) is 3. The van der Waals surface area contributed by atoms with Crippen molar-refractivity contribution >= 4 is 5.91 Å². The minimum Gasteiger partial charge on any atom is -0.491 e. The van der Waals surface area contributed by atoms with Crippen LogP contribution in [0.1, 0.15) is 41.3 Å². The topological polar surface area (TPSA) is 58.6 Å². The Morgan fingerprint density at radius 1 is 1.25 bits per heavy atom. The molecule has 0 spiro atoms. The molecule has 0 bridgehead atoms. The van der Waals surface area contributed by atoms with E-state index >= 15 is 0 Å². The highest BCUT2D eigenvalue weighted by molar-refractivity contribution is 5.97. The van der Waals surface area contributed by atoms with Gasteiger partial charge in [0.15, 0.2) is 0 Å². The summed E-state index contributed by atoms with van der Waals surface area (Å²) in [6.07, 6.45) is 3.16. The number of nitrogens with one attached hydrogen (secondary N) is 1. The third-order valence-electron chi connectivity index (χ3n) is 4.96. The van der Waals surface area contributed by atoms with Crippen LogP contribution in [0.25, 0.3) is 0 Å². The number of amides is 1. The third-order valence-corrected chi connectivity index (χ3v) is 4.96. The van der Waals surface area contributed by atoms with Gasteiger partial charge in [-0.2, -0.15) is 0 Å². The van der Waals surface area contributed by atoms with Gasteiger partial charge in [0.1, 0.15) is 12.4 Å². The van der Waals surface area contributed by atoms with Gasteiger partial charge in [0, 0.05) is 0 Å². The zero-order valence-electron chi connectivity index (χ0n) is 11.3. The van der Waals surface area contributed by atoms with Crippen LogP contribution < -0.4 is 10.1 Å². The highest BCUT2D eigenvalue weighted by Crippen LogP contribution is 2.57. The van der Waals surface area contributed by atoms with E-state index in [2.05, 4.69) is 5.32 Å². The molecule has 1 heterocycles. The Morgan fingerprint density at radius 2 is 2.05 bits per heavy atom. The molecule has 3 aliphatic rings. The zero-order chi connectivity index (χ0) is 13.7. The normalized spacial score (nSPS) is 32.5. The molecule has 0 saturated heterocycles. The van der Waals surface area contributed by atoms with Gasteiger partial charge in [0.05, 0.1) is 18.2 Å². The summed E-state index contributed by atoms with van der Waals surface area (Å²) in [4.78, 5) is 12.0. The molecule has 2 aliphatic carbocycles. The molecule has 3 unspecified atom stereocenters. The van der Waals surface area contributed by atoms with Crippen LogP contribution in [0.3, 0.4) is 0 Å². The number of rotatable bonds is 2. The van der Waals surface area contributed by atoms with Crippen LogP contribution in [0.5, 0.6) is 5.75 Å². The van der Waals surface area contributed by atoms with Crippen molar-refractivity contribution < 1.29 is 14.6 Å². The molecule has 3 atom stereocenters. The summed E-state index contributed by atoms with van der Waals surface area (Å²) in [5.74, 6) is 2.56. The van der Waals surface area contributed by atoms with Crippen molar-refractivity contribution in [2.75, 3.05) is 13.2 Å². The highest BCUT2D eigenvalue weighted by Gasteiger charge is 2.47. The van der Waals surface area contributed by atoms with Crippen LogP contribution in [0, 0.1) is 17.8 Å². The van der Waals surface area contributed by atoms with Crippen LogP contribution >= 0.6 is 0 Å². The van der Waals surface area contributed by atoms with Crippen molar-refractivity contribution in [3.63, 3.8) is 0 Å². The summed E-state index contributed by atoms with van der Waals surface area (Å²) in [5.41, 5.74) is 1.39. The van der Waals surface area contributed by atoms with Gasteiger partial charge in [-0.25, -0.2) is 0 Å². The van der Waals surface area contributed by atoms with Crippen molar-refractivity contribution in [2.24, 2.45) is 17.8 Å². The van der Waals surface area contributed by atoms with Crippen LogP contribution in [0.15, 0.2) is 18.2 Å². The second-order valence-electron chi connectivity index (χ2n) is 6.29. The number of benzene rings is 1. The van der Waals surface area contributed by atoms with Gasteiger partial charge in [-0.3, -0.25) is 4.79 Å². The predicted molar refractivity (Wildman–Crippen MR) is 73.6 cm³/mol. The Morgan fingerprint density at radius 3 is 2.85 bits per heavy atom. The quantitative estimate of drug-likeness (QED) is 0.865. The van der Waals surface area contributed by atoms with Crippen molar-refractivity contribution in [1.29, 1.82) is 0 Å². The van der Waals surface area contributed by atoms with Gasteiger partial charge in [-0.05, 0) is 54.7 Å². The van der Waals surface area contributed by atoms with E-state index in [0.717, 1.165) is 30.2 Å². The Hall–Kier alpha value is -1.55. The lowest BCUT2D eigenvalue weighted by molar-refractivity contribution is 0.0954. The van der Waals surface area contributed by atoms with E-state index in [9.17, 15) is 9.90 Å². The summed E-state index contributed by atoms with van der Waals surface area (Å²) >= 11 is 0. The molecule has 2 N–H and O–H groups in total. The summed E-state index contributed by atoms with van der Waals surface area (Å²) in [5, 5.41) is 13.3. The van der Waals surface area contributed by atoms with Crippen molar-refractivity contribution in [3.05, 3.63) is 29.3 Å². The predicted octanol–water partition coefficient (Wildman–Crippen LogP) is 1.89. The second-order valence-corrected chi connectivity index (χ2v) is 6.29. The van der Waals surface area contributed by atoms with E-state index < -0.39 is 6.10 Å². The highest BCUT2D eigenvalue weighted by atomic mass is 16.5. The van der Waals surface area contributed by atoms with Gasteiger partial charge in [0.25, 0.3) is 5.91 Å². The van der Waals surface area contributed by atoms with Crippen LogP contribution in [-0.2, 0) is 0 Å². The maximum absolute atomic E-state index is 12.0. The fraction of sp³-hybridized carbons (Fsp3) is 0.562. The van der Waals surface area contributed by atoms with Crippen LogP contribution in [0.4, 0.5) is 0 Å². The summed E-state index contributed by atoms with van der Waals surface area (Å²) in [7, 11) is 0. The molecule has 0 radical (unpaired) electrons. The fourth-order valence-corrected chi connectivity index (χ4v) is 3.75. The zero-order valence-corrected chi connectivity index (χ0v) is 11.3. The Kier molecular flexibility index (Phi) is 2.74. The van der Waals surface area contributed by atoms with Crippen molar-refractivity contribution in [2.45, 2.75) is 25.4 Å². The van der Waals surface area contributed by atoms with E-state index in [0.29, 0.717) is 30.4 Å².